The maximum absolute atomic E-state index is 12.8. The number of likely N-dealkylation sites (tertiary alicyclic amines) is 1. The first-order valence-corrected chi connectivity index (χ1v) is 9.73. The maximum atomic E-state index is 12.8. The van der Waals surface area contributed by atoms with Gasteiger partial charge in [-0.3, -0.25) is 14.7 Å². The number of ether oxygens (including phenoxy) is 1. The van der Waals surface area contributed by atoms with Gasteiger partial charge in [-0.1, -0.05) is 24.3 Å². The maximum Gasteiger partial charge on any atom is 0.270 e. The van der Waals surface area contributed by atoms with Crippen LogP contribution in [0, 0.1) is 6.92 Å². The molecule has 0 bridgehead atoms. The number of piperidine rings is 1. The monoisotopic (exact) mass is 392 g/mol. The first-order valence-electron chi connectivity index (χ1n) is 9.73. The van der Waals surface area contributed by atoms with Gasteiger partial charge in [0.25, 0.3) is 5.91 Å². The van der Waals surface area contributed by atoms with Crippen molar-refractivity contribution in [3.05, 3.63) is 69.9 Å². The molecule has 1 aliphatic rings. The molecular formula is C22H24N4O3. The smallest absolute Gasteiger partial charge is 0.270 e. The molecule has 4 rings (SSSR count). The minimum absolute atomic E-state index is 0.160. The van der Waals surface area contributed by atoms with Crippen molar-refractivity contribution in [2.45, 2.75) is 25.7 Å². The van der Waals surface area contributed by atoms with Crippen molar-refractivity contribution in [2.24, 2.45) is 0 Å². The molecule has 3 aromatic rings. The van der Waals surface area contributed by atoms with Crippen LogP contribution in [0.1, 0.15) is 40.5 Å². The van der Waals surface area contributed by atoms with Crippen LogP contribution in [-0.4, -0.2) is 46.2 Å². The molecule has 2 aromatic heterocycles. The molecule has 0 aliphatic carbocycles. The lowest BCUT2D eigenvalue weighted by Gasteiger charge is -2.32. The van der Waals surface area contributed by atoms with Gasteiger partial charge in [0.1, 0.15) is 5.69 Å². The molecule has 7 nitrogen and oxygen atoms in total. The molecule has 0 spiro atoms. The lowest BCUT2D eigenvalue weighted by Crippen LogP contribution is -2.38. The second-order valence-corrected chi connectivity index (χ2v) is 7.36. The molecule has 1 aromatic carbocycles. The number of aromatic amines is 2. The van der Waals surface area contributed by atoms with Crippen LogP contribution < -0.4 is 10.2 Å². The van der Waals surface area contributed by atoms with E-state index in [0.717, 1.165) is 24.1 Å². The Balaban J connectivity index is 1.48. The van der Waals surface area contributed by atoms with Gasteiger partial charge >= 0.3 is 0 Å². The number of pyridine rings is 1. The molecule has 1 fully saturated rings. The van der Waals surface area contributed by atoms with E-state index in [-0.39, 0.29) is 22.8 Å². The van der Waals surface area contributed by atoms with Gasteiger partial charge in [0, 0.05) is 42.5 Å². The van der Waals surface area contributed by atoms with E-state index in [1.54, 1.807) is 4.90 Å². The second kappa shape index (κ2) is 7.95. The number of carbonyl (C=O) groups is 1. The lowest BCUT2D eigenvalue weighted by molar-refractivity contribution is 0.0706. The number of hydrogen-bond donors (Lipinski definition) is 2. The van der Waals surface area contributed by atoms with Gasteiger partial charge in [0.15, 0.2) is 5.75 Å². The van der Waals surface area contributed by atoms with E-state index in [2.05, 4.69) is 34.2 Å². The predicted octanol–water partition coefficient (Wildman–Crippen LogP) is 3.10. The van der Waals surface area contributed by atoms with E-state index in [1.807, 2.05) is 18.3 Å². The van der Waals surface area contributed by atoms with Crippen LogP contribution in [0.25, 0.3) is 11.1 Å². The van der Waals surface area contributed by atoms with Crippen molar-refractivity contribution < 1.29 is 9.53 Å². The Hall–Kier alpha value is -3.35. The third-order valence-corrected chi connectivity index (χ3v) is 5.62. The number of H-pyrrole nitrogens is 2. The summed E-state index contributed by atoms with van der Waals surface area (Å²) in [7, 11) is 1.43. The van der Waals surface area contributed by atoms with Crippen molar-refractivity contribution in [2.75, 3.05) is 20.2 Å². The number of rotatable bonds is 4. The third kappa shape index (κ3) is 3.68. The van der Waals surface area contributed by atoms with Crippen molar-refractivity contribution in [3.8, 4) is 16.9 Å². The van der Waals surface area contributed by atoms with Gasteiger partial charge in [-0.05, 0) is 30.9 Å². The number of nitrogens with one attached hydrogen (secondary N) is 2. The summed E-state index contributed by atoms with van der Waals surface area (Å²) < 4.78 is 4.96. The first kappa shape index (κ1) is 19.0. The zero-order valence-electron chi connectivity index (χ0n) is 16.6. The summed E-state index contributed by atoms with van der Waals surface area (Å²) in [5.74, 6) is 0.348. The van der Waals surface area contributed by atoms with E-state index in [0.29, 0.717) is 19.0 Å². The van der Waals surface area contributed by atoms with Gasteiger partial charge in [-0.2, -0.15) is 5.10 Å². The predicted molar refractivity (Wildman–Crippen MR) is 110 cm³/mol. The summed E-state index contributed by atoms with van der Waals surface area (Å²) in [6.07, 6.45) is 5.00. The molecule has 0 saturated carbocycles. The number of amides is 1. The summed E-state index contributed by atoms with van der Waals surface area (Å²) in [6.45, 7) is 3.36. The van der Waals surface area contributed by atoms with Gasteiger partial charge < -0.3 is 14.6 Å². The molecule has 1 amide bonds. The molecule has 7 heteroatoms. The van der Waals surface area contributed by atoms with Crippen LogP contribution in [-0.2, 0) is 0 Å². The van der Waals surface area contributed by atoms with Crippen LogP contribution in [0.4, 0.5) is 0 Å². The number of aromatic nitrogens is 3. The van der Waals surface area contributed by atoms with Gasteiger partial charge in [0.2, 0.25) is 5.43 Å². The molecule has 3 heterocycles. The Morgan fingerprint density at radius 3 is 2.66 bits per heavy atom. The Labute approximate surface area is 168 Å². The molecule has 0 unspecified atom stereocenters. The van der Waals surface area contributed by atoms with Crippen molar-refractivity contribution in [3.63, 3.8) is 0 Å². The second-order valence-electron chi connectivity index (χ2n) is 7.36. The molecule has 0 radical (unpaired) electrons. The zero-order chi connectivity index (χ0) is 20.4. The van der Waals surface area contributed by atoms with E-state index in [1.165, 1.54) is 30.5 Å². The number of nitrogens with zero attached hydrogens (tertiary/aromatic N) is 2. The number of benzene rings is 1. The fourth-order valence-corrected chi connectivity index (χ4v) is 3.98. The first-order chi connectivity index (χ1) is 14.1. The minimum atomic E-state index is -0.301. The minimum Gasteiger partial charge on any atom is -0.491 e. The van der Waals surface area contributed by atoms with Crippen molar-refractivity contribution in [1.29, 1.82) is 0 Å². The Bertz CT molecular complexity index is 1080. The van der Waals surface area contributed by atoms with E-state index in [9.17, 15) is 9.59 Å². The Morgan fingerprint density at radius 2 is 1.97 bits per heavy atom. The summed E-state index contributed by atoms with van der Waals surface area (Å²) >= 11 is 0. The van der Waals surface area contributed by atoms with Crippen LogP contribution in [0.3, 0.4) is 0 Å². The number of carbonyl (C=O) groups excluding carboxylic acids is 1. The van der Waals surface area contributed by atoms with E-state index in [4.69, 9.17) is 4.74 Å². The van der Waals surface area contributed by atoms with Crippen LogP contribution in [0.5, 0.6) is 5.75 Å². The highest BCUT2D eigenvalue weighted by molar-refractivity contribution is 5.92. The molecule has 29 heavy (non-hydrogen) atoms. The van der Waals surface area contributed by atoms with E-state index >= 15 is 0 Å². The summed E-state index contributed by atoms with van der Waals surface area (Å²) in [5.41, 5.74) is 4.65. The fourth-order valence-electron chi connectivity index (χ4n) is 3.98. The molecule has 2 N–H and O–H groups in total. The summed E-state index contributed by atoms with van der Waals surface area (Å²) in [5, 5.41) is 7.47. The summed E-state index contributed by atoms with van der Waals surface area (Å²) in [4.78, 5) is 29.4. The normalized spacial score (nSPS) is 14.8. The average molecular weight is 392 g/mol. The van der Waals surface area contributed by atoms with E-state index < -0.39 is 0 Å². The fraction of sp³-hybridized carbons (Fsp3) is 0.318. The van der Waals surface area contributed by atoms with Crippen molar-refractivity contribution in [1.82, 2.24) is 20.1 Å². The topological polar surface area (TPSA) is 91.1 Å². The highest BCUT2D eigenvalue weighted by Gasteiger charge is 2.28. The number of methoxy groups -OCH3 is 1. The molecule has 150 valence electrons. The molecule has 1 saturated heterocycles. The van der Waals surface area contributed by atoms with Gasteiger partial charge in [-0.25, -0.2) is 0 Å². The van der Waals surface area contributed by atoms with Crippen LogP contribution in [0.2, 0.25) is 0 Å². The Kier molecular flexibility index (Phi) is 5.20. The summed E-state index contributed by atoms with van der Waals surface area (Å²) in [6, 6.07) is 9.59. The van der Waals surface area contributed by atoms with Crippen molar-refractivity contribution >= 4 is 5.91 Å². The molecule has 0 atom stereocenters. The average Bonchev–Trinajstić information content (AvgIpc) is 3.23. The van der Waals surface area contributed by atoms with Gasteiger partial charge in [0.05, 0.1) is 13.3 Å². The largest absolute Gasteiger partial charge is 0.491 e. The quantitative estimate of drug-likeness (QED) is 0.714. The lowest BCUT2D eigenvalue weighted by atomic mass is 9.88. The van der Waals surface area contributed by atoms with Gasteiger partial charge in [-0.15, -0.1) is 0 Å². The number of aryl methyl sites for hydroxylation is 1. The Morgan fingerprint density at radius 1 is 1.21 bits per heavy atom. The van der Waals surface area contributed by atoms with Crippen LogP contribution in [0.15, 0.2) is 47.5 Å². The van der Waals surface area contributed by atoms with Crippen LogP contribution >= 0.6 is 0 Å². The highest BCUT2D eigenvalue weighted by atomic mass is 16.5. The molecule has 1 aliphatic heterocycles. The molecular weight excluding hydrogens is 368 g/mol. The standard InChI is InChI=1S/C22H24N4O3/c1-14-5-3-4-6-16(14)17-12-24-25-21(17)15-7-9-26(10-8-15)22(28)18-11-19(27)20(29-2)13-23-18/h3-6,11-13,15H,7-10H2,1-2H3,(H,23,27)(H,24,25). The highest BCUT2D eigenvalue weighted by Crippen LogP contribution is 2.35. The third-order valence-electron chi connectivity index (χ3n) is 5.62. The SMILES string of the molecule is COc1c[nH]c(C(=O)N2CCC(c3[nH]ncc3-c3ccccc3C)CC2)cc1=O. The number of hydrogen-bond acceptors (Lipinski definition) is 4. The zero-order valence-corrected chi connectivity index (χ0v) is 16.6.